The van der Waals surface area contributed by atoms with Gasteiger partial charge >= 0.3 is 0 Å². The van der Waals surface area contributed by atoms with E-state index in [1.807, 2.05) is 12.1 Å². The van der Waals surface area contributed by atoms with Crippen LogP contribution in [0.3, 0.4) is 0 Å². The standard InChI is InChI=1S/C19H27N3O2/c1-6-11-22-18(9-10-20-22)21-19(23)15(5)24-16-7-8-17(13(2)3)14(4)12-16/h7-10,12-13,15H,6,11H2,1-5H3,(H,21,23). The molecule has 1 aromatic heterocycles. The van der Waals surface area contributed by atoms with Crippen LogP contribution in [-0.2, 0) is 11.3 Å². The molecule has 1 N–H and O–H groups in total. The van der Waals surface area contributed by atoms with E-state index in [2.05, 4.69) is 44.2 Å². The summed E-state index contributed by atoms with van der Waals surface area (Å²) in [6, 6.07) is 7.77. The SMILES string of the molecule is CCCn1nccc1NC(=O)C(C)Oc1ccc(C(C)C)c(C)c1. The number of aryl methyl sites for hydroxylation is 2. The molecule has 0 saturated heterocycles. The molecule has 0 aliphatic heterocycles. The molecule has 1 aromatic carbocycles. The highest BCUT2D eigenvalue weighted by Gasteiger charge is 2.17. The molecule has 0 radical (unpaired) electrons. The summed E-state index contributed by atoms with van der Waals surface area (Å²) in [5.41, 5.74) is 2.47. The molecule has 2 rings (SSSR count). The normalized spacial score (nSPS) is 12.2. The van der Waals surface area contributed by atoms with Gasteiger partial charge in [0.25, 0.3) is 5.91 Å². The van der Waals surface area contributed by atoms with Crippen LogP contribution in [0.15, 0.2) is 30.5 Å². The number of carbonyl (C=O) groups excluding carboxylic acids is 1. The van der Waals surface area contributed by atoms with Gasteiger partial charge in [-0.05, 0) is 49.4 Å². The maximum Gasteiger partial charge on any atom is 0.266 e. The monoisotopic (exact) mass is 329 g/mol. The lowest BCUT2D eigenvalue weighted by Crippen LogP contribution is -2.31. The summed E-state index contributed by atoms with van der Waals surface area (Å²) in [5.74, 6) is 1.70. The zero-order valence-corrected chi connectivity index (χ0v) is 15.2. The Morgan fingerprint density at radius 1 is 1.29 bits per heavy atom. The minimum absolute atomic E-state index is 0.182. The van der Waals surface area contributed by atoms with E-state index in [4.69, 9.17) is 4.74 Å². The van der Waals surface area contributed by atoms with E-state index in [0.29, 0.717) is 17.5 Å². The van der Waals surface area contributed by atoms with Crippen molar-refractivity contribution in [2.45, 2.75) is 59.6 Å². The Bertz CT molecular complexity index is 692. The Morgan fingerprint density at radius 3 is 2.67 bits per heavy atom. The van der Waals surface area contributed by atoms with Crippen LogP contribution in [0.25, 0.3) is 0 Å². The van der Waals surface area contributed by atoms with Crippen LogP contribution in [0.5, 0.6) is 5.75 Å². The van der Waals surface area contributed by atoms with E-state index in [1.165, 1.54) is 11.1 Å². The average Bonchev–Trinajstić information content (AvgIpc) is 2.94. The maximum atomic E-state index is 12.4. The number of ether oxygens (including phenoxy) is 1. The van der Waals surface area contributed by atoms with E-state index in [-0.39, 0.29) is 5.91 Å². The molecule has 1 unspecified atom stereocenters. The summed E-state index contributed by atoms with van der Waals surface area (Å²) in [7, 11) is 0. The molecule has 2 aromatic rings. The van der Waals surface area contributed by atoms with Gasteiger partial charge in [0, 0.05) is 12.6 Å². The van der Waals surface area contributed by atoms with Gasteiger partial charge in [-0.3, -0.25) is 4.79 Å². The highest BCUT2D eigenvalue weighted by molar-refractivity contribution is 5.93. The van der Waals surface area contributed by atoms with Gasteiger partial charge in [-0.25, -0.2) is 4.68 Å². The largest absolute Gasteiger partial charge is 0.481 e. The van der Waals surface area contributed by atoms with Crippen LogP contribution in [0.4, 0.5) is 5.82 Å². The van der Waals surface area contributed by atoms with Gasteiger partial charge in [0.15, 0.2) is 6.10 Å². The number of hydrogen-bond acceptors (Lipinski definition) is 3. The van der Waals surface area contributed by atoms with Crippen molar-refractivity contribution in [1.82, 2.24) is 9.78 Å². The Labute approximate surface area is 144 Å². The summed E-state index contributed by atoms with van der Waals surface area (Å²) < 4.78 is 7.58. The predicted octanol–water partition coefficient (Wildman–Crippen LogP) is 4.13. The summed E-state index contributed by atoms with van der Waals surface area (Å²) >= 11 is 0. The maximum absolute atomic E-state index is 12.4. The lowest BCUT2D eigenvalue weighted by molar-refractivity contribution is -0.122. The number of hydrogen-bond donors (Lipinski definition) is 1. The number of carbonyl (C=O) groups is 1. The van der Waals surface area contributed by atoms with Gasteiger partial charge < -0.3 is 10.1 Å². The number of rotatable bonds is 7. The fourth-order valence-electron chi connectivity index (χ4n) is 2.68. The molecule has 1 atom stereocenters. The topological polar surface area (TPSA) is 56.2 Å². The predicted molar refractivity (Wildman–Crippen MR) is 96.5 cm³/mol. The molecule has 0 spiro atoms. The van der Waals surface area contributed by atoms with E-state index in [0.717, 1.165) is 13.0 Å². The lowest BCUT2D eigenvalue weighted by Gasteiger charge is -2.17. The highest BCUT2D eigenvalue weighted by Crippen LogP contribution is 2.24. The zero-order chi connectivity index (χ0) is 17.7. The number of nitrogens with zero attached hydrogens (tertiary/aromatic N) is 2. The van der Waals surface area contributed by atoms with Gasteiger partial charge in [0.1, 0.15) is 11.6 Å². The first-order chi connectivity index (χ1) is 11.4. The van der Waals surface area contributed by atoms with E-state index in [1.54, 1.807) is 23.9 Å². The fraction of sp³-hybridized carbons (Fsp3) is 0.474. The highest BCUT2D eigenvalue weighted by atomic mass is 16.5. The van der Waals surface area contributed by atoms with Crippen LogP contribution in [0, 0.1) is 6.92 Å². The average molecular weight is 329 g/mol. The number of anilines is 1. The van der Waals surface area contributed by atoms with E-state index in [9.17, 15) is 4.79 Å². The van der Waals surface area contributed by atoms with Gasteiger partial charge in [0.2, 0.25) is 0 Å². The van der Waals surface area contributed by atoms with Crippen molar-refractivity contribution in [3.05, 3.63) is 41.6 Å². The minimum Gasteiger partial charge on any atom is -0.481 e. The van der Waals surface area contributed by atoms with Crippen molar-refractivity contribution in [3.8, 4) is 5.75 Å². The first kappa shape index (κ1) is 18.0. The zero-order valence-electron chi connectivity index (χ0n) is 15.2. The summed E-state index contributed by atoms with van der Waals surface area (Å²) in [6.07, 6.45) is 2.06. The molecular formula is C19H27N3O2. The Balaban J connectivity index is 2.01. The van der Waals surface area contributed by atoms with E-state index < -0.39 is 6.10 Å². The van der Waals surface area contributed by atoms with E-state index >= 15 is 0 Å². The molecule has 1 heterocycles. The molecule has 1 amide bonds. The lowest BCUT2D eigenvalue weighted by atomic mass is 9.98. The van der Waals surface area contributed by atoms with Gasteiger partial charge in [-0.2, -0.15) is 5.10 Å². The quantitative estimate of drug-likeness (QED) is 0.831. The third-order valence-electron chi connectivity index (χ3n) is 3.95. The Kier molecular flexibility index (Phi) is 6.01. The van der Waals surface area contributed by atoms with Crippen LogP contribution in [0.2, 0.25) is 0 Å². The third-order valence-corrected chi connectivity index (χ3v) is 3.95. The molecular weight excluding hydrogens is 302 g/mol. The molecule has 0 saturated carbocycles. The summed E-state index contributed by atoms with van der Waals surface area (Å²) in [4.78, 5) is 12.4. The Morgan fingerprint density at radius 2 is 2.04 bits per heavy atom. The van der Waals surface area contributed by atoms with Crippen molar-refractivity contribution in [2.24, 2.45) is 0 Å². The molecule has 0 bridgehead atoms. The van der Waals surface area contributed by atoms with Crippen LogP contribution in [0.1, 0.15) is 51.2 Å². The molecule has 0 aliphatic carbocycles. The molecule has 0 aliphatic rings. The van der Waals surface area contributed by atoms with Gasteiger partial charge in [-0.15, -0.1) is 0 Å². The number of aromatic nitrogens is 2. The van der Waals surface area contributed by atoms with Crippen molar-refractivity contribution >= 4 is 11.7 Å². The smallest absolute Gasteiger partial charge is 0.266 e. The second-order valence-electron chi connectivity index (χ2n) is 6.36. The van der Waals surface area contributed by atoms with Gasteiger partial charge in [0.05, 0.1) is 6.20 Å². The van der Waals surface area contributed by atoms with Crippen LogP contribution in [-0.4, -0.2) is 21.8 Å². The summed E-state index contributed by atoms with van der Waals surface area (Å²) in [6.45, 7) is 11.0. The molecule has 130 valence electrons. The molecule has 24 heavy (non-hydrogen) atoms. The van der Waals surface area contributed by atoms with Gasteiger partial charge in [-0.1, -0.05) is 26.8 Å². The first-order valence-electron chi connectivity index (χ1n) is 8.52. The molecule has 0 fully saturated rings. The van der Waals surface area contributed by atoms with Crippen molar-refractivity contribution in [1.29, 1.82) is 0 Å². The Hall–Kier alpha value is -2.30. The van der Waals surface area contributed by atoms with Crippen molar-refractivity contribution in [3.63, 3.8) is 0 Å². The van der Waals surface area contributed by atoms with Crippen molar-refractivity contribution < 1.29 is 9.53 Å². The number of benzene rings is 1. The second kappa shape index (κ2) is 7.99. The van der Waals surface area contributed by atoms with Crippen molar-refractivity contribution in [2.75, 3.05) is 5.32 Å². The molecule has 5 nitrogen and oxygen atoms in total. The third kappa shape index (κ3) is 4.37. The van der Waals surface area contributed by atoms with Crippen LogP contribution < -0.4 is 10.1 Å². The first-order valence-corrected chi connectivity index (χ1v) is 8.52. The minimum atomic E-state index is -0.584. The summed E-state index contributed by atoms with van der Waals surface area (Å²) in [5, 5.41) is 7.08. The molecule has 5 heteroatoms. The number of nitrogens with one attached hydrogen (secondary N) is 1. The second-order valence-corrected chi connectivity index (χ2v) is 6.36. The number of amides is 1. The van der Waals surface area contributed by atoms with Crippen LogP contribution >= 0.6 is 0 Å². The fourth-order valence-corrected chi connectivity index (χ4v) is 2.68.